The van der Waals surface area contributed by atoms with Crippen molar-refractivity contribution in [1.82, 2.24) is 4.98 Å². The van der Waals surface area contributed by atoms with Crippen LogP contribution in [-0.4, -0.2) is 22.6 Å². The van der Waals surface area contributed by atoms with Crippen LogP contribution in [0.25, 0.3) is 22.9 Å². The van der Waals surface area contributed by atoms with Gasteiger partial charge in [-0.1, -0.05) is 6.07 Å². The predicted molar refractivity (Wildman–Crippen MR) is 116 cm³/mol. The highest BCUT2D eigenvalue weighted by molar-refractivity contribution is 9.10. The fourth-order valence-electron chi connectivity index (χ4n) is 3.10. The number of carbonyl (C=O) groups excluding carboxylic acids is 1. The largest absolute Gasteiger partial charge is 0.503 e. The maximum atomic E-state index is 12.6. The molecule has 7 heteroatoms. The molecule has 0 unspecified atom stereocenters. The first-order chi connectivity index (χ1) is 13.5. The highest BCUT2D eigenvalue weighted by atomic mass is 79.9. The van der Waals surface area contributed by atoms with E-state index in [0.29, 0.717) is 22.4 Å². The van der Waals surface area contributed by atoms with Crippen molar-refractivity contribution in [1.29, 1.82) is 0 Å². The van der Waals surface area contributed by atoms with Crippen LogP contribution in [0.15, 0.2) is 40.2 Å². The second-order valence-corrected chi connectivity index (χ2v) is 8.22. The van der Waals surface area contributed by atoms with Gasteiger partial charge in [0.2, 0.25) is 0 Å². The number of phenols is 1. The Bertz CT molecular complexity index is 1120. The quantitative estimate of drug-likeness (QED) is 0.509. The van der Waals surface area contributed by atoms with Gasteiger partial charge in [0.25, 0.3) is 5.91 Å². The molecule has 0 atom stereocenters. The summed E-state index contributed by atoms with van der Waals surface area (Å²) in [6, 6.07) is 9.31. The molecule has 0 fully saturated rings. The number of hydrogen-bond donors (Lipinski definition) is 2. The van der Waals surface area contributed by atoms with E-state index in [1.54, 1.807) is 29.5 Å². The maximum absolute atomic E-state index is 12.6. The number of anilines is 1. The number of aryl methyl sites for hydroxylation is 1. The zero-order valence-electron chi connectivity index (χ0n) is 15.2. The second kappa shape index (κ2) is 7.41. The zero-order chi connectivity index (χ0) is 19.8. The van der Waals surface area contributed by atoms with Gasteiger partial charge in [-0.05, 0) is 65.7 Å². The number of carbonyl (C=O) groups is 1. The van der Waals surface area contributed by atoms with E-state index in [0.717, 1.165) is 33.1 Å². The lowest BCUT2D eigenvalue weighted by atomic mass is 10.0. The summed E-state index contributed by atoms with van der Waals surface area (Å²) in [6.07, 6.45) is 1.80. The minimum absolute atomic E-state index is 0.0430. The third-order valence-corrected chi connectivity index (χ3v) is 5.76. The maximum Gasteiger partial charge on any atom is 0.256 e. The molecular weight excluding hydrogens is 440 g/mol. The molecule has 4 rings (SSSR count). The van der Waals surface area contributed by atoms with Crippen LogP contribution in [0.3, 0.4) is 0 Å². The summed E-state index contributed by atoms with van der Waals surface area (Å²) >= 11 is 4.94. The molecule has 3 aromatic rings. The number of aromatic nitrogens is 1. The molecule has 0 bridgehead atoms. The summed E-state index contributed by atoms with van der Waals surface area (Å²) in [7, 11) is 0. The van der Waals surface area contributed by atoms with Crippen molar-refractivity contribution in [2.75, 3.05) is 11.9 Å². The van der Waals surface area contributed by atoms with E-state index in [1.807, 2.05) is 37.4 Å². The normalized spacial score (nSPS) is 14.2. The molecule has 1 aromatic heterocycles. The molecule has 0 spiro atoms. The van der Waals surface area contributed by atoms with Gasteiger partial charge in [0.05, 0.1) is 21.8 Å². The number of benzene rings is 2. The van der Waals surface area contributed by atoms with Crippen molar-refractivity contribution < 1.29 is 14.6 Å². The number of hydrogen-bond acceptors (Lipinski definition) is 5. The topological polar surface area (TPSA) is 71.5 Å². The Kier molecular flexibility index (Phi) is 4.95. The Morgan fingerprint density at radius 1 is 1.32 bits per heavy atom. The average molecular weight is 457 g/mol. The highest BCUT2D eigenvalue weighted by Crippen LogP contribution is 2.39. The summed E-state index contributed by atoms with van der Waals surface area (Å²) in [5.74, 6) is 0.249. The first-order valence-corrected chi connectivity index (χ1v) is 10.4. The van der Waals surface area contributed by atoms with Gasteiger partial charge in [0.15, 0.2) is 11.5 Å². The van der Waals surface area contributed by atoms with Gasteiger partial charge in [0, 0.05) is 27.8 Å². The number of ether oxygens (including phenoxy) is 1. The summed E-state index contributed by atoms with van der Waals surface area (Å²) < 4.78 is 5.99. The van der Waals surface area contributed by atoms with Crippen molar-refractivity contribution in [3.63, 3.8) is 0 Å². The first-order valence-electron chi connectivity index (χ1n) is 8.71. The van der Waals surface area contributed by atoms with E-state index in [9.17, 15) is 9.90 Å². The molecule has 0 aliphatic carbocycles. The van der Waals surface area contributed by atoms with Crippen molar-refractivity contribution in [2.24, 2.45) is 0 Å². The Balaban J connectivity index is 1.79. The number of phenolic OH excluding ortho intramolecular Hbond substituents is 1. The summed E-state index contributed by atoms with van der Waals surface area (Å²) in [5, 5.41) is 16.0. The van der Waals surface area contributed by atoms with Crippen LogP contribution in [0.1, 0.15) is 23.1 Å². The van der Waals surface area contributed by atoms with Gasteiger partial charge in [0.1, 0.15) is 0 Å². The molecular formula is C21H17BrN2O3S. The van der Waals surface area contributed by atoms with Crippen molar-refractivity contribution in [3.8, 4) is 22.8 Å². The lowest BCUT2D eigenvalue weighted by molar-refractivity contribution is -0.110. The monoisotopic (exact) mass is 456 g/mol. The van der Waals surface area contributed by atoms with Crippen LogP contribution >= 0.6 is 27.3 Å². The molecule has 0 saturated carbocycles. The molecule has 1 aliphatic heterocycles. The molecule has 1 aliphatic rings. The third kappa shape index (κ3) is 3.43. The standard InChI is InChI=1S/C21H17BrN2O3S/c1-3-27-19-8-12(7-16(22)20(19)25)6-15-14-9-13(18-10-28-11(2)23-18)4-5-17(14)24-21(15)26/h4-10,25H,3H2,1-2H3,(H,24,26). The van der Waals surface area contributed by atoms with Gasteiger partial charge in [-0.3, -0.25) is 4.79 Å². The molecule has 5 nitrogen and oxygen atoms in total. The Morgan fingerprint density at radius 3 is 2.86 bits per heavy atom. The number of amides is 1. The fraction of sp³-hybridized carbons (Fsp3) is 0.143. The molecule has 0 radical (unpaired) electrons. The lowest BCUT2D eigenvalue weighted by Gasteiger charge is -2.09. The van der Waals surface area contributed by atoms with E-state index in [2.05, 4.69) is 26.2 Å². The lowest BCUT2D eigenvalue weighted by Crippen LogP contribution is -2.03. The molecule has 1 amide bonds. The third-order valence-electron chi connectivity index (χ3n) is 4.38. The molecule has 142 valence electrons. The van der Waals surface area contributed by atoms with E-state index in [1.165, 1.54) is 0 Å². The summed E-state index contributed by atoms with van der Waals surface area (Å²) in [5.41, 5.74) is 4.78. The number of halogens is 1. The Morgan fingerprint density at radius 2 is 2.14 bits per heavy atom. The molecule has 2 N–H and O–H groups in total. The van der Waals surface area contributed by atoms with Gasteiger partial charge in [-0.15, -0.1) is 11.3 Å². The number of aromatic hydroxyl groups is 1. The molecule has 0 saturated heterocycles. The Hall–Kier alpha value is -2.64. The van der Waals surface area contributed by atoms with Gasteiger partial charge in [-0.2, -0.15) is 0 Å². The highest BCUT2D eigenvalue weighted by Gasteiger charge is 2.25. The average Bonchev–Trinajstić information content (AvgIpc) is 3.23. The fourth-order valence-corrected chi connectivity index (χ4v) is 4.18. The predicted octanol–water partition coefficient (Wildman–Crippen LogP) is 5.48. The minimum Gasteiger partial charge on any atom is -0.503 e. The van der Waals surface area contributed by atoms with Crippen molar-refractivity contribution >= 4 is 50.5 Å². The van der Waals surface area contributed by atoms with E-state index in [-0.39, 0.29) is 11.7 Å². The zero-order valence-corrected chi connectivity index (χ0v) is 17.6. The van der Waals surface area contributed by atoms with Gasteiger partial charge >= 0.3 is 0 Å². The number of nitrogens with zero attached hydrogens (tertiary/aromatic N) is 1. The summed E-state index contributed by atoms with van der Waals surface area (Å²) in [4.78, 5) is 17.1. The van der Waals surface area contributed by atoms with Crippen LogP contribution in [0, 0.1) is 6.92 Å². The van der Waals surface area contributed by atoms with Crippen LogP contribution in [0.2, 0.25) is 0 Å². The van der Waals surface area contributed by atoms with Gasteiger partial charge < -0.3 is 15.2 Å². The number of fused-ring (bicyclic) bond motifs is 1. The van der Waals surface area contributed by atoms with E-state index < -0.39 is 0 Å². The van der Waals surface area contributed by atoms with E-state index in [4.69, 9.17) is 4.74 Å². The van der Waals surface area contributed by atoms with Gasteiger partial charge in [-0.25, -0.2) is 4.98 Å². The van der Waals surface area contributed by atoms with Crippen LogP contribution in [-0.2, 0) is 4.79 Å². The molecule has 2 aromatic carbocycles. The van der Waals surface area contributed by atoms with Crippen molar-refractivity contribution in [3.05, 3.63) is 56.3 Å². The summed E-state index contributed by atoms with van der Waals surface area (Å²) in [6.45, 7) is 4.25. The van der Waals surface area contributed by atoms with Crippen molar-refractivity contribution in [2.45, 2.75) is 13.8 Å². The van der Waals surface area contributed by atoms with Crippen LogP contribution in [0.4, 0.5) is 5.69 Å². The number of nitrogens with one attached hydrogen (secondary N) is 1. The SMILES string of the molecule is CCOc1cc(C=C2C(=O)Nc3ccc(-c4csc(C)n4)cc32)cc(Br)c1O. The van der Waals surface area contributed by atoms with Crippen LogP contribution < -0.4 is 10.1 Å². The molecule has 28 heavy (non-hydrogen) atoms. The number of rotatable bonds is 4. The number of thiazole rings is 1. The minimum atomic E-state index is -0.163. The van der Waals surface area contributed by atoms with Crippen LogP contribution in [0.5, 0.6) is 11.5 Å². The smallest absolute Gasteiger partial charge is 0.256 e. The Labute approximate surface area is 174 Å². The van der Waals surface area contributed by atoms with E-state index >= 15 is 0 Å². The first kappa shape index (κ1) is 18.7. The second-order valence-electron chi connectivity index (χ2n) is 6.31. The molecule has 2 heterocycles.